The minimum atomic E-state index is 0.141. The summed E-state index contributed by atoms with van der Waals surface area (Å²) in [4.78, 5) is 7.22. The van der Waals surface area contributed by atoms with Crippen molar-refractivity contribution in [1.82, 2.24) is 30.3 Å². The molecule has 158 valence electrons. The van der Waals surface area contributed by atoms with Crippen LogP contribution in [-0.2, 0) is 18.3 Å². The maximum atomic E-state index is 5.46. The van der Waals surface area contributed by atoms with E-state index in [0.717, 1.165) is 50.5 Å². The number of benzene rings is 1. The molecule has 2 heterocycles. The Morgan fingerprint density at radius 2 is 1.90 bits per heavy atom. The lowest BCUT2D eigenvalue weighted by Crippen LogP contribution is -2.49. The largest absolute Gasteiger partial charge is 0.379 e. The Balaban J connectivity index is 1.66. The highest BCUT2D eigenvalue weighted by atomic mass is 16.5. The zero-order valence-electron chi connectivity index (χ0n) is 17.9. The third-order valence-electron chi connectivity index (χ3n) is 5.45. The molecule has 0 spiro atoms. The molecule has 0 bridgehead atoms. The Kier molecular flexibility index (Phi) is 7.60. The van der Waals surface area contributed by atoms with Gasteiger partial charge in [0.15, 0.2) is 11.8 Å². The van der Waals surface area contributed by atoms with Crippen molar-refractivity contribution >= 4 is 5.96 Å². The van der Waals surface area contributed by atoms with Gasteiger partial charge in [0.2, 0.25) is 0 Å². The molecule has 1 fully saturated rings. The number of hydrogen-bond acceptors (Lipinski definition) is 5. The van der Waals surface area contributed by atoms with Crippen LogP contribution in [0.3, 0.4) is 0 Å². The lowest BCUT2D eigenvalue weighted by atomic mass is 10.1. The maximum absolute atomic E-state index is 5.46. The molecule has 1 aromatic carbocycles. The van der Waals surface area contributed by atoms with Gasteiger partial charge in [-0.1, -0.05) is 30.3 Å². The maximum Gasteiger partial charge on any atom is 0.192 e. The summed E-state index contributed by atoms with van der Waals surface area (Å²) < 4.78 is 7.43. The van der Waals surface area contributed by atoms with Gasteiger partial charge in [0.1, 0.15) is 12.4 Å². The Bertz CT molecular complexity index is 784. The topological polar surface area (TPSA) is 79.6 Å². The molecule has 8 nitrogen and oxygen atoms in total. The van der Waals surface area contributed by atoms with Gasteiger partial charge in [0, 0.05) is 32.7 Å². The number of aryl methyl sites for hydroxylation is 1. The number of guanidine groups is 1. The molecule has 1 aliphatic rings. The molecular formula is C21H33N7O. The molecule has 1 saturated heterocycles. The smallest absolute Gasteiger partial charge is 0.192 e. The van der Waals surface area contributed by atoms with E-state index in [1.54, 1.807) is 0 Å². The first-order chi connectivity index (χ1) is 14.0. The van der Waals surface area contributed by atoms with Crippen LogP contribution in [0.4, 0.5) is 0 Å². The normalized spacial score (nSPS) is 17.7. The predicted molar refractivity (Wildman–Crippen MR) is 115 cm³/mol. The summed E-state index contributed by atoms with van der Waals surface area (Å²) in [6.45, 7) is 11.2. The first-order valence-electron chi connectivity index (χ1n) is 10.3. The molecule has 2 aromatic rings. The second kappa shape index (κ2) is 10.4. The summed E-state index contributed by atoms with van der Waals surface area (Å²) in [5.74, 6) is 2.51. The number of ether oxygens (including phenoxy) is 1. The third kappa shape index (κ3) is 6.01. The van der Waals surface area contributed by atoms with Crippen LogP contribution < -0.4 is 10.6 Å². The standard InChI is InChI=1S/C21H33N7O/c1-16(28-10-12-29-13-11-28)14-22-21(23-15-20-26-25-18(3)27(20)4)24-17(2)19-8-6-5-7-9-19/h5-9,16-17H,10-15H2,1-4H3,(H2,22,23,24). The molecule has 1 aliphatic heterocycles. The number of nitrogens with one attached hydrogen (secondary N) is 2. The van der Waals surface area contributed by atoms with Gasteiger partial charge < -0.3 is 19.9 Å². The highest BCUT2D eigenvalue weighted by Gasteiger charge is 2.18. The summed E-state index contributed by atoms with van der Waals surface area (Å²) in [7, 11) is 1.97. The number of hydrogen-bond donors (Lipinski definition) is 2. The van der Waals surface area contributed by atoms with Crippen molar-refractivity contribution < 1.29 is 4.74 Å². The van der Waals surface area contributed by atoms with E-state index in [2.05, 4.69) is 63.8 Å². The Morgan fingerprint density at radius 1 is 1.17 bits per heavy atom. The van der Waals surface area contributed by atoms with Crippen molar-refractivity contribution in [2.45, 2.75) is 39.4 Å². The lowest BCUT2D eigenvalue weighted by Gasteiger charge is -2.32. The van der Waals surface area contributed by atoms with Gasteiger partial charge in [-0.15, -0.1) is 10.2 Å². The molecule has 0 saturated carbocycles. The summed E-state index contributed by atoms with van der Waals surface area (Å²) in [5, 5.41) is 15.4. The monoisotopic (exact) mass is 399 g/mol. The number of rotatable bonds is 7. The zero-order valence-corrected chi connectivity index (χ0v) is 17.9. The van der Waals surface area contributed by atoms with Gasteiger partial charge in [-0.25, -0.2) is 4.99 Å². The van der Waals surface area contributed by atoms with Crippen LogP contribution in [0.1, 0.15) is 37.1 Å². The fourth-order valence-corrected chi connectivity index (χ4v) is 3.31. The van der Waals surface area contributed by atoms with E-state index in [0.29, 0.717) is 12.6 Å². The summed E-state index contributed by atoms with van der Waals surface area (Å²) in [6, 6.07) is 10.9. The van der Waals surface area contributed by atoms with Gasteiger partial charge in [-0.2, -0.15) is 0 Å². The van der Waals surface area contributed by atoms with Crippen LogP contribution in [-0.4, -0.2) is 64.5 Å². The van der Waals surface area contributed by atoms with Gasteiger partial charge >= 0.3 is 0 Å². The van der Waals surface area contributed by atoms with E-state index >= 15 is 0 Å². The lowest BCUT2D eigenvalue weighted by molar-refractivity contribution is 0.0211. The van der Waals surface area contributed by atoms with Crippen molar-refractivity contribution in [3.8, 4) is 0 Å². The minimum absolute atomic E-state index is 0.141. The molecule has 0 aliphatic carbocycles. The second-order valence-corrected chi connectivity index (χ2v) is 7.54. The fourth-order valence-electron chi connectivity index (χ4n) is 3.31. The second-order valence-electron chi connectivity index (χ2n) is 7.54. The molecule has 0 amide bonds. The van der Waals surface area contributed by atoms with E-state index in [1.165, 1.54) is 5.56 Å². The number of aliphatic imine (C=N–C) groups is 1. The Morgan fingerprint density at radius 3 is 2.55 bits per heavy atom. The first-order valence-corrected chi connectivity index (χ1v) is 10.3. The van der Waals surface area contributed by atoms with Crippen LogP contribution in [0.25, 0.3) is 0 Å². The first kappa shape index (κ1) is 21.3. The van der Waals surface area contributed by atoms with Crippen molar-refractivity contribution in [2.75, 3.05) is 32.8 Å². The number of aromatic nitrogens is 3. The molecule has 1 aromatic heterocycles. The average molecular weight is 400 g/mol. The van der Waals surface area contributed by atoms with E-state index in [4.69, 9.17) is 9.73 Å². The number of nitrogens with zero attached hydrogens (tertiary/aromatic N) is 5. The van der Waals surface area contributed by atoms with Gasteiger partial charge in [-0.05, 0) is 26.3 Å². The Hall–Kier alpha value is -2.45. The molecule has 2 atom stereocenters. The van der Waals surface area contributed by atoms with Crippen molar-refractivity contribution in [3.05, 3.63) is 47.5 Å². The Labute approximate surface area is 173 Å². The molecule has 29 heavy (non-hydrogen) atoms. The van der Waals surface area contributed by atoms with Gasteiger partial charge in [-0.3, -0.25) is 4.90 Å². The van der Waals surface area contributed by atoms with Crippen molar-refractivity contribution in [2.24, 2.45) is 12.0 Å². The quantitative estimate of drug-likeness (QED) is 0.544. The van der Waals surface area contributed by atoms with E-state index < -0.39 is 0 Å². The molecule has 2 unspecified atom stereocenters. The van der Waals surface area contributed by atoms with Gasteiger partial charge in [0.05, 0.1) is 19.3 Å². The van der Waals surface area contributed by atoms with Crippen LogP contribution in [0.15, 0.2) is 35.3 Å². The molecule has 0 radical (unpaired) electrons. The summed E-state index contributed by atoms with van der Waals surface area (Å²) in [6.07, 6.45) is 0. The molecule has 8 heteroatoms. The van der Waals surface area contributed by atoms with Crippen LogP contribution in [0.5, 0.6) is 0 Å². The van der Waals surface area contributed by atoms with E-state index in [1.807, 2.05) is 24.6 Å². The summed E-state index contributed by atoms with van der Waals surface area (Å²) >= 11 is 0. The highest BCUT2D eigenvalue weighted by molar-refractivity contribution is 5.80. The van der Waals surface area contributed by atoms with E-state index in [-0.39, 0.29) is 6.04 Å². The highest BCUT2D eigenvalue weighted by Crippen LogP contribution is 2.11. The fraction of sp³-hybridized carbons (Fsp3) is 0.571. The van der Waals surface area contributed by atoms with Crippen LogP contribution >= 0.6 is 0 Å². The molecule has 3 rings (SSSR count). The van der Waals surface area contributed by atoms with Gasteiger partial charge in [0.25, 0.3) is 0 Å². The zero-order chi connectivity index (χ0) is 20.6. The van der Waals surface area contributed by atoms with Crippen molar-refractivity contribution in [3.63, 3.8) is 0 Å². The van der Waals surface area contributed by atoms with Crippen molar-refractivity contribution in [1.29, 1.82) is 0 Å². The SMILES string of the molecule is Cc1nnc(CN=C(NCC(C)N2CCOCC2)NC(C)c2ccccc2)n1C. The third-order valence-corrected chi connectivity index (χ3v) is 5.45. The molecular weight excluding hydrogens is 366 g/mol. The van der Waals surface area contributed by atoms with Crippen LogP contribution in [0.2, 0.25) is 0 Å². The predicted octanol–water partition coefficient (Wildman–Crippen LogP) is 1.64. The van der Waals surface area contributed by atoms with E-state index in [9.17, 15) is 0 Å². The number of morpholine rings is 1. The molecule has 2 N–H and O–H groups in total. The average Bonchev–Trinajstić information content (AvgIpc) is 3.08. The minimum Gasteiger partial charge on any atom is -0.379 e. The van der Waals surface area contributed by atoms with Crippen LogP contribution in [0, 0.1) is 6.92 Å². The summed E-state index contributed by atoms with van der Waals surface area (Å²) in [5.41, 5.74) is 1.22.